The van der Waals surface area contributed by atoms with Gasteiger partial charge in [0.05, 0.1) is 11.6 Å². The lowest BCUT2D eigenvalue weighted by atomic mass is 10.1. The summed E-state index contributed by atoms with van der Waals surface area (Å²) in [5, 5.41) is 2.47. The summed E-state index contributed by atoms with van der Waals surface area (Å²) in [6.45, 7) is 3.21. The van der Waals surface area contributed by atoms with Crippen molar-refractivity contribution in [2.45, 2.75) is 26.3 Å². The zero-order chi connectivity index (χ0) is 14.4. The van der Waals surface area contributed by atoms with Crippen molar-refractivity contribution >= 4 is 23.5 Å². The molecule has 4 nitrogen and oxygen atoms in total. The quantitative estimate of drug-likeness (QED) is 0.844. The zero-order valence-electron chi connectivity index (χ0n) is 10.7. The number of benzene rings is 1. The van der Waals surface area contributed by atoms with Crippen LogP contribution in [0.4, 0.5) is 4.39 Å². The van der Waals surface area contributed by atoms with E-state index in [9.17, 15) is 14.0 Å². The molecule has 19 heavy (non-hydrogen) atoms. The molecule has 1 N–H and O–H groups in total. The van der Waals surface area contributed by atoms with Crippen LogP contribution in [-0.2, 0) is 20.7 Å². The Hall–Kier alpha value is -1.62. The third-order valence-electron chi connectivity index (χ3n) is 2.37. The number of rotatable bonds is 5. The highest BCUT2D eigenvalue weighted by atomic mass is 35.5. The van der Waals surface area contributed by atoms with Crippen molar-refractivity contribution in [3.05, 3.63) is 34.6 Å². The summed E-state index contributed by atoms with van der Waals surface area (Å²) in [6, 6.07) is 3.34. The largest absolute Gasteiger partial charge is 0.464 e. The van der Waals surface area contributed by atoms with Crippen molar-refractivity contribution in [2.75, 3.05) is 6.61 Å². The lowest BCUT2D eigenvalue weighted by Gasteiger charge is -2.16. The minimum Gasteiger partial charge on any atom is -0.464 e. The molecule has 0 saturated heterocycles. The Morgan fingerprint density at radius 2 is 2.16 bits per heavy atom. The molecule has 104 valence electrons. The number of amides is 1. The van der Waals surface area contributed by atoms with Gasteiger partial charge in [-0.15, -0.1) is 0 Å². The SMILES string of the molecule is CCOC(=O)[C@H](Cc1ccc(F)c(Cl)c1)NC(C)=O. The first-order valence-corrected chi connectivity index (χ1v) is 6.19. The minimum absolute atomic E-state index is 0.0251. The van der Waals surface area contributed by atoms with Crippen LogP contribution in [0.2, 0.25) is 5.02 Å². The molecule has 0 aliphatic heterocycles. The average molecular weight is 288 g/mol. The summed E-state index contributed by atoms with van der Waals surface area (Å²) in [7, 11) is 0. The van der Waals surface area contributed by atoms with E-state index in [2.05, 4.69) is 5.32 Å². The van der Waals surface area contributed by atoms with Crippen LogP contribution < -0.4 is 5.32 Å². The lowest BCUT2D eigenvalue weighted by molar-refractivity contribution is -0.147. The molecule has 0 aliphatic rings. The Kier molecular flexibility index (Phi) is 5.76. The summed E-state index contributed by atoms with van der Waals surface area (Å²) in [4.78, 5) is 22.8. The maximum atomic E-state index is 13.0. The van der Waals surface area contributed by atoms with E-state index in [0.717, 1.165) is 0 Å². The number of ether oxygens (including phenoxy) is 1. The molecule has 0 aliphatic carbocycles. The van der Waals surface area contributed by atoms with Crippen LogP contribution in [0.25, 0.3) is 0 Å². The predicted molar refractivity (Wildman–Crippen MR) is 69.4 cm³/mol. The Morgan fingerprint density at radius 1 is 1.47 bits per heavy atom. The Labute approximate surface area is 115 Å². The van der Waals surface area contributed by atoms with E-state index in [1.807, 2.05) is 0 Å². The number of hydrogen-bond donors (Lipinski definition) is 1. The molecule has 1 atom stereocenters. The van der Waals surface area contributed by atoms with Gasteiger partial charge >= 0.3 is 5.97 Å². The standard InChI is InChI=1S/C13H15ClFNO3/c1-3-19-13(18)12(16-8(2)17)7-9-4-5-11(15)10(14)6-9/h4-6,12H,3,7H2,1-2H3,(H,16,17)/t12-/m0/s1. The van der Waals surface area contributed by atoms with Gasteiger partial charge in [-0.3, -0.25) is 4.79 Å². The van der Waals surface area contributed by atoms with Gasteiger partial charge in [-0.2, -0.15) is 0 Å². The van der Waals surface area contributed by atoms with Gasteiger partial charge in [0.2, 0.25) is 5.91 Å². The van der Waals surface area contributed by atoms with Crippen molar-refractivity contribution in [1.82, 2.24) is 5.32 Å². The lowest BCUT2D eigenvalue weighted by Crippen LogP contribution is -2.42. The van der Waals surface area contributed by atoms with Gasteiger partial charge in [0, 0.05) is 13.3 Å². The van der Waals surface area contributed by atoms with E-state index in [1.54, 1.807) is 6.92 Å². The zero-order valence-corrected chi connectivity index (χ0v) is 11.5. The maximum absolute atomic E-state index is 13.0. The highest BCUT2D eigenvalue weighted by molar-refractivity contribution is 6.30. The molecule has 0 fully saturated rings. The molecule has 1 aromatic carbocycles. The summed E-state index contributed by atoms with van der Waals surface area (Å²) >= 11 is 5.67. The van der Waals surface area contributed by atoms with Gasteiger partial charge in [0.1, 0.15) is 11.9 Å². The second-order valence-electron chi connectivity index (χ2n) is 3.96. The van der Waals surface area contributed by atoms with Crippen LogP contribution in [0.5, 0.6) is 0 Å². The molecular weight excluding hydrogens is 273 g/mol. The third kappa shape index (κ3) is 4.87. The van der Waals surface area contributed by atoms with E-state index in [-0.39, 0.29) is 24.0 Å². The predicted octanol–water partition coefficient (Wildman–Crippen LogP) is 2.09. The van der Waals surface area contributed by atoms with Gasteiger partial charge in [0.25, 0.3) is 0 Å². The molecule has 0 saturated carbocycles. The van der Waals surface area contributed by atoms with Crippen LogP contribution >= 0.6 is 11.6 Å². The fourth-order valence-electron chi connectivity index (χ4n) is 1.58. The van der Waals surface area contributed by atoms with Gasteiger partial charge in [-0.1, -0.05) is 17.7 Å². The fraction of sp³-hybridized carbons (Fsp3) is 0.385. The van der Waals surface area contributed by atoms with Crippen LogP contribution in [0.15, 0.2) is 18.2 Å². The first kappa shape index (κ1) is 15.4. The molecule has 0 bridgehead atoms. The minimum atomic E-state index is -0.807. The molecular formula is C13H15ClFNO3. The molecule has 1 amide bonds. The summed E-state index contributed by atoms with van der Waals surface area (Å²) in [6.07, 6.45) is 0.193. The van der Waals surface area contributed by atoms with E-state index in [4.69, 9.17) is 16.3 Å². The monoisotopic (exact) mass is 287 g/mol. The van der Waals surface area contributed by atoms with Crippen molar-refractivity contribution in [3.8, 4) is 0 Å². The molecule has 0 spiro atoms. The molecule has 6 heteroatoms. The van der Waals surface area contributed by atoms with E-state index < -0.39 is 17.8 Å². The fourth-order valence-corrected chi connectivity index (χ4v) is 1.79. The normalized spacial score (nSPS) is 11.8. The number of nitrogens with one attached hydrogen (secondary N) is 1. The first-order chi connectivity index (χ1) is 8.93. The van der Waals surface area contributed by atoms with Gasteiger partial charge in [-0.25, -0.2) is 9.18 Å². The Bertz CT molecular complexity index is 479. The molecule has 1 aromatic rings. The summed E-state index contributed by atoms with van der Waals surface area (Å²) in [5.74, 6) is -1.40. The Morgan fingerprint density at radius 3 is 2.68 bits per heavy atom. The number of halogens is 2. The van der Waals surface area contributed by atoms with Crippen LogP contribution in [0, 0.1) is 5.82 Å². The van der Waals surface area contributed by atoms with Crippen molar-refractivity contribution < 1.29 is 18.7 Å². The number of esters is 1. The molecule has 1 rings (SSSR count). The summed E-state index contributed by atoms with van der Waals surface area (Å²) < 4.78 is 17.9. The highest BCUT2D eigenvalue weighted by Crippen LogP contribution is 2.17. The number of hydrogen-bond acceptors (Lipinski definition) is 3. The Balaban J connectivity index is 2.83. The van der Waals surface area contributed by atoms with Crippen molar-refractivity contribution in [1.29, 1.82) is 0 Å². The van der Waals surface area contributed by atoms with E-state index in [1.165, 1.54) is 25.1 Å². The first-order valence-electron chi connectivity index (χ1n) is 5.81. The van der Waals surface area contributed by atoms with Gasteiger partial charge < -0.3 is 10.1 Å². The van der Waals surface area contributed by atoms with Gasteiger partial charge in [0.15, 0.2) is 0 Å². The molecule has 0 heterocycles. The third-order valence-corrected chi connectivity index (χ3v) is 2.66. The molecule has 0 unspecified atom stereocenters. The second-order valence-corrected chi connectivity index (χ2v) is 4.36. The van der Waals surface area contributed by atoms with Crippen LogP contribution in [-0.4, -0.2) is 24.5 Å². The highest BCUT2D eigenvalue weighted by Gasteiger charge is 2.21. The van der Waals surface area contributed by atoms with E-state index in [0.29, 0.717) is 5.56 Å². The number of carbonyl (C=O) groups is 2. The average Bonchev–Trinajstić information content (AvgIpc) is 2.33. The molecule has 0 radical (unpaired) electrons. The topological polar surface area (TPSA) is 55.4 Å². The second kappa shape index (κ2) is 7.09. The molecule has 0 aromatic heterocycles. The van der Waals surface area contributed by atoms with Gasteiger partial charge in [-0.05, 0) is 24.6 Å². The van der Waals surface area contributed by atoms with Crippen LogP contribution in [0.1, 0.15) is 19.4 Å². The van der Waals surface area contributed by atoms with Crippen molar-refractivity contribution in [2.24, 2.45) is 0 Å². The maximum Gasteiger partial charge on any atom is 0.328 e. The smallest absolute Gasteiger partial charge is 0.328 e. The van der Waals surface area contributed by atoms with E-state index >= 15 is 0 Å². The van der Waals surface area contributed by atoms with Crippen molar-refractivity contribution in [3.63, 3.8) is 0 Å². The number of carbonyl (C=O) groups excluding carboxylic acids is 2. The summed E-state index contributed by atoms with van der Waals surface area (Å²) in [5.41, 5.74) is 0.637. The van der Waals surface area contributed by atoms with Crippen LogP contribution in [0.3, 0.4) is 0 Å².